The maximum absolute atomic E-state index is 8.75. The van der Waals surface area contributed by atoms with Crippen molar-refractivity contribution in [1.29, 1.82) is 5.26 Å². The summed E-state index contributed by atoms with van der Waals surface area (Å²) in [5.74, 6) is 0.824. The molecule has 0 amide bonds. The van der Waals surface area contributed by atoms with Crippen molar-refractivity contribution in [2.75, 3.05) is 0 Å². The van der Waals surface area contributed by atoms with Crippen LogP contribution in [0.5, 0.6) is 0 Å². The topological polar surface area (TPSA) is 80.5 Å². The van der Waals surface area contributed by atoms with Crippen molar-refractivity contribution in [1.82, 2.24) is 14.8 Å². The number of nitrogens with two attached hydrogens (primary N) is 1. The van der Waals surface area contributed by atoms with E-state index in [1.165, 1.54) is 24.6 Å². The molecule has 80 valence electrons. The first-order chi connectivity index (χ1) is 7.26. The molecule has 0 bridgehead atoms. The molecule has 0 aromatic carbocycles. The highest BCUT2D eigenvalue weighted by atomic mass is 32.2. The van der Waals surface area contributed by atoms with E-state index in [-0.39, 0.29) is 5.25 Å². The van der Waals surface area contributed by atoms with Gasteiger partial charge in [-0.15, -0.1) is 10.2 Å². The van der Waals surface area contributed by atoms with Gasteiger partial charge in [-0.05, 0) is 19.8 Å². The molecule has 0 saturated heterocycles. The first kappa shape index (κ1) is 10.5. The van der Waals surface area contributed by atoms with Crippen molar-refractivity contribution in [2.45, 2.75) is 42.8 Å². The average molecular weight is 223 g/mol. The highest BCUT2D eigenvalue weighted by Crippen LogP contribution is 2.39. The van der Waals surface area contributed by atoms with Gasteiger partial charge in [-0.3, -0.25) is 0 Å². The third-order valence-electron chi connectivity index (χ3n) is 2.29. The minimum Gasteiger partial charge on any atom is -0.324 e. The molecule has 6 heteroatoms. The molecule has 1 aromatic rings. The van der Waals surface area contributed by atoms with Crippen LogP contribution in [0.15, 0.2) is 5.16 Å². The van der Waals surface area contributed by atoms with Gasteiger partial charge in [0.1, 0.15) is 5.82 Å². The zero-order chi connectivity index (χ0) is 10.8. The number of aromatic nitrogens is 3. The van der Waals surface area contributed by atoms with Gasteiger partial charge in [0.05, 0.1) is 17.9 Å². The monoisotopic (exact) mass is 223 g/mol. The minimum atomic E-state index is -0.0997. The number of nitrogens with zero attached hydrogens (tertiary/aromatic N) is 4. The molecule has 1 aliphatic rings. The summed E-state index contributed by atoms with van der Waals surface area (Å²) in [5.41, 5.74) is 5.60. The molecule has 1 saturated carbocycles. The van der Waals surface area contributed by atoms with Crippen LogP contribution in [-0.2, 0) is 6.54 Å². The molecule has 2 rings (SSSR count). The van der Waals surface area contributed by atoms with Crippen LogP contribution in [-0.4, -0.2) is 20.0 Å². The second kappa shape index (κ2) is 4.21. The number of hydrogen-bond acceptors (Lipinski definition) is 5. The van der Waals surface area contributed by atoms with Gasteiger partial charge in [0.2, 0.25) is 0 Å². The van der Waals surface area contributed by atoms with E-state index in [0.29, 0.717) is 12.6 Å². The maximum atomic E-state index is 8.75. The normalized spacial score (nSPS) is 17.4. The summed E-state index contributed by atoms with van der Waals surface area (Å²) in [4.78, 5) is 0. The fraction of sp³-hybridized carbons (Fsp3) is 0.667. The molecule has 2 N–H and O–H groups in total. The Balaban J connectivity index is 2.23. The third-order valence-corrected chi connectivity index (χ3v) is 3.24. The van der Waals surface area contributed by atoms with E-state index >= 15 is 0 Å². The van der Waals surface area contributed by atoms with Crippen LogP contribution in [0.1, 0.15) is 31.6 Å². The lowest BCUT2D eigenvalue weighted by Gasteiger charge is -2.07. The molecule has 0 spiro atoms. The largest absolute Gasteiger partial charge is 0.324 e. The van der Waals surface area contributed by atoms with Crippen molar-refractivity contribution in [2.24, 2.45) is 5.73 Å². The molecule has 1 unspecified atom stereocenters. The third kappa shape index (κ3) is 2.13. The van der Waals surface area contributed by atoms with Crippen molar-refractivity contribution in [3.8, 4) is 6.07 Å². The number of nitriles is 1. The summed E-state index contributed by atoms with van der Waals surface area (Å²) in [6.07, 6.45) is 2.33. The highest BCUT2D eigenvalue weighted by molar-refractivity contribution is 8.00. The standard InChI is InChI=1S/C9H13N5S/c1-6(4-10)15-9-13-12-8(5-11)14(9)7-2-3-7/h6-7H,2-3,5,11H2,1H3. The smallest absolute Gasteiger partial charge is 0.192 e. The number of thioether (sulfide) groups is 1. The summed E-state index contributed by atoms with van der Waals surface area (Å²) in [7, 11) is 0. The van der Waals surface area contributed by atoms with Crippen molar-refractivity contribution >= 4 is 11.8 Å². The summed E-state index contributed by atoms with van der Waals surface area (Å²) < 4.78 is 2.08. The number of hydrogen-bond donors (Lipinski definition) is 1. The highest BCUT2D eigenvalue weighted by Gasteiger charge is 2.29. The fourth-order valence-corrected chi connectivity index (χ4v) is 2.24. The molecule has 1 aromatic heterocycles. The molecule has 0 radical (unpaired) electrons. The predicted molar refractivity (Wildman–Crippen MR) is 57.1 cm³/mol. The van der Waals surface area contributed by atoms with Crippen LogP contribution >= 0.6 is 11.8 Å². The SMILES string of the molecule is CC(C#N)Sc1nnc(CN)n1C1CC1. The number of rotatable bonds is 4. The van der Waals surface area contributed by atoms with Crippen LogP contribution in [0.4, 0.5) is 0 Å². The summed E-state index contributed by atoms with van der Waals surface area (Å²) in [6.45, 7) is 2.27. The molecule has 1 heterocycles. The Kier molecular flexibility index (Phi) is 2.93. The molecule has 1 atom stereocenters. The van der Waals surface area contributed by atoms with Gasteiger partial charge in [0.15, 0.2) is 5.16 Å². The van der Waals surface area contributed by atoms with Crippen molar-refractivity contribution < 1.29 is 0 Å². The molecule has 1 fully saturated rings. The second-order valence-electron chi connectivity index (χ2n) is 3.59. The molecule has 1 aliphatic carbocycles. The molecular formula is C9H13N5S. The predicted octanol–water partition coefficient (Wildman–Crippen LogP) is 1.08. The quantitative estimate of drug-likeness (QED) is 0.772. The lowest BCUT2D eigenvalue weighted by atomic mass is 10.5. The van der Waals surface area contributed by atoms with E-state index in [2.05, 4.69) is 20.8 Å². The van der Waals surface area contributed by atoms with Crippen LogP contribution in [0.3, 0.4) is 0 Å². The van der Waals surface area contributed by atoms with Gasteiger partial charge in [0.25, 0.3) is 0 Å². The van der Waals surface area contributed by atoms with Gasteiger partial charge in [-0.1, -0.05) is 11.8 Å². The summed E-state index contributed by atoms with van der Waals surface area (Å²) in [5, 5.41) is 17.6. The van der Waals surface area contributed by atoms with Gasteiger partial charge in [-0.2, -0.15) is 5.26 Å². The lowest BCUT2D eigenvalue weighted by Crippen LogP contribution is -2.08. The molecular weight excluding hydrogens is 210 g/mol. The summed E-state index contributed by atoms with van der Waals surface area (Å²) in [6, 6.07) is 2.68. The summed E-state index contributed by atoms with van der Waals surface area (Å²) >= 11 is 1.45. The zero-order valence-corrected chi connectivity index (χ0v) is 9.37. The minimum absolute atomic E-state index is 0.0997. The maximum Gasteiger partial charge on any atom is 0.192 e. The van der Waals surface area contributed by atoms with Gasteiger partial charge >= 0.3 is 0 Å². The van der Waals surface area contributed by atoms with E-state index in [9.17, 15) is 0 Å². The second-order valence-corrected chi connectivity index (χ2v) is 4.90. The lowest BCUT2D eigenvalue weighted by molar-refractivity contribution is 0.626. The molecule has 5 nitrogen and oxygen atoms in total. The first-order valence-electron chi connectivity index (χ1n) is 4.96. The Morgan fingerprint density at radius 2 is 2.40 bits per heavy atom. The van der Waals surface area contributed by atoms with Gasteiger partial charge in [0, 0.05) is 6.04 Å². The Hall–Kier alpha value is -1.06. The first-order valence-corrected chi connectivity index (χ1v) is 5.84. The molecule has 0 aliphatic heterocycles. The molecule has 15 heavy (non-hydrogen) atoms. The van der Waals surface area contributed by atoms with E-state index in [4.69, 9.17) is 11.0 Å². The Bertz CT molecular complexity index is 390. The van der Waals surface area contributed by atoms with Gasteiger partial charge in [-0.25, -0.2) is 0 Å². The van der Waals surface area contributed by atoms with Crippen molar-refractivity contribution in [3.63, 3.8) is 0 Å². The van der Waals surface area contributed by atoms with E-state index in [0.717, 1.165) is 11.0 Å². The fourth-order valence-electron chi connectivity index (χ4n) is 1.41. The Morgan fingerprint density at radius 3 is 2.93 bits per heavy atom. The van der Waals surface area contributed by atoms with Crippen LogP contribution < -0.4 is 5.73 Å². The van der Waals surface area contributed by atoms with Crippen LogP contribution in [0, 0.1) is 11.3 Å². The van der Waals surface area contributed by atoms with Crippen LogP contribution in [0.2, 0.25) is 0 Å². The Morgan fingerprint density at radius 1 is 1.67 bits per heavy atom. The average Bonchev–Trinajstić information content (AvgIpc) is 3.00. The van der Waals surface area contributed by atoms with E-state index in [1.54, 1.807) is 0 Å². The van der Waals surface area contributed by atoms with Crippen LogP contribution in [0.25, 0.3) is 0 Å². The van der Waals surface area contributed by atoms with Crippen molar-refractivity contribution in [3.05, 3.63) is 5.82 Å². The van der Waals surface area contributed by atoms with E-state index < -0.39 is 0 Å². The Labute approximate surface area is 92.7 Å². The van der Waals surface area contributed by atoms with Gasteiger partial charge < -0.3 is 10.3 Å². The van der Waals surface area contributed by atoms with E-state index in [1.807, 2.05) is 6.92 Å². The zero-order valence-electron chi connectivity index (χ0n) is 8.55.